The highest BCUT2D eigenvalue weighted by Crippen LogP contribution is 2.13. The van der Waals surface area contributed by atoms with Gasteiger partial charge in [0.15, 0.2) is 0 Å². The van der Waals surface area contributed by atoms with Gasteiger partial charge >= 0.3 is 0 Å². The Bertz CT molecular complexity index is 540. The minimum Gasteiger partial charge on any atom is -0.0876 e. The first-order valence-electron chi connectivity index (χ1n) is 5.65. The smallest absolute Gasteiger partial charge is 0.0295 e. The number of halogens is 2. The van der Waals surface area contributed by atoms with Crippen LogP contribution in [0.25, 0.3) is 0 Å². The standard InChI is InChI=1S/C16H12Br2/c17-11-15-7-3-1-5-13(15)9-10-14-6-2-4-8-16(14)12-18/h1-8H,11-12H2. The van der Waals surface area contributed by atoms with E-state index in [2.05, 4.69) is 68.0 Å². The molecule has 0 aliphatic heterocycles. The van der Waals surface area contributed by atoms with E-state index in [1.54, 1.807) is 0 Å². The number of alkyl halides is 2. The van der Waals surface area contributed by atoms with E-state index >= 15 is 0 Å². The second-order valence-electron chi connectivity index (χ2n) is 3.83. The molecule has 0 heterocycles. The second kappa shape index (κ2) is 6.78. The summed E-state index contributed by atoms with van der Waals surface area (Å²) in [6.07, 6.45) is 0. The Morgan fingerprint density at radius 1 is 0.667 bits per heavy atom. The molecular weight excluding hydrogens is 352 g/mol. The number of rotatable bonds is 2. The summed E-state index contributed by atoms with van der Waals surface area (Å²) in [5.74, 6) is 6.51. The summed E-state index contributed by atoms with van der Waals surface area (Å²) in [6, 6.07) is 16.4. The first-order chi connectivity index (χ1) is 8.85. The lowest BCUT2D eigenvalue weighted by atomic mass is 10.1. The first kappa shape index (κ1) is 13.4. The number of hydrogen-bond donors (Lipinski definition) is 0. The minimum absolute atomic E-state index is 0.831. The Morgan fingerprint density at radius 2 is 1.06 bits per heavy atom. The topological polar surface area (TPSA) is 0 Å². The van der Waals surface area contributed by atoms with E-state index in [0.29, 0.717) is 0 Å². The van der Waals surface area contributed by atoms with Crippen molar-refractivity contribution in [2.45, 2.75) is 10.7 Å². The first-order valence-corrected chi connectivity index (χ1v) is 7.89. The van der Waals surface area contributed by atoms with Crippen LogP contribution in [0.3, 0.4) is 0 Å². The molecule has 2 rings (SSSR count). The molecule has 2 aromatic carbocycles. The minimum atomic E-state index is 0.831. The molecule has 0 N–H and O–H groups in total. The summed E-state index contributed by atoms with van der Waals surface area (Å²) in [5, 5.41) is 1.66. The van der Waals surface area contributed by atoms with Crippen LogP contribution >= 0.6 is 31.9 Å². The Hall–Kier alpha value is -1.04. The average molecular weight is 364 g/mol. The van der Waals surface area contributed by atoms with Crippen molar-refractivity contribution in [2.24, 2.45) is 0 Å². The van der Waals surface area contributed by atoms with Crippen LogP contribution in [0.4, 0.5) is 0 Å². The Kier molecular flexibility index (Phi) is 5.04. The molecule has 2 aromatic rings. The predicted molar refractivity (Wildman–Crippen MR) is 84.1 cm³/mol. The summed E-state index contributed by atoms with van der Waals surface area (Å²) < 4.78 is 0. The summed E-state index contributed by atoms with van der Waals surface area (Å²) in [7, 11) is 0. The maximum Gasteiger partial charge on any atom is 0.0295 e. The van der Waals surface area contributed by atoms with Crippen LogP contribution in [0.5, 0.6) is 0 Å². The molecule has 0 amide bonds. The van der Waals surface area contributed by atoms with Crippen LogP contribution in [0.1, 0.15) is 22.3 Å². The monoisotopic (exact) mass is 362 g/mol. The molecule has 0 aliphatic rings. The van der Waals surface area contributed by atoms with Gasteiger partial charge in [0, 0.05) is 21.8 Å². The summed E-state index contributed by atoms with van der Waals surface area (Å²) in [6.45, 7) is 0. The molecule has 0 aliphatic carbocycles. The predicted octanol–water partition coefficient (Wildman–Crippen LogP) is 4.88. The zero-order valence-electron chi connectivity index (χ0n) is 9.79. The van der Waals surface area contributed by atoms with Gasteiger partial charge in [-0.25, -0.2) is 0 Å². The molecule has 0 fully saturated rings. The third-order valence-electron chi connectivity index (χ3n) is 2.65. The van der Waals surface area contributed by atoms with E-state index in [0.717, 1.165) is 21.8 Å². The molecule has 0 radical (unpaired) electrons. The Balaban J connectivity index is 2.37. The van der Waals surface area contributed by atoms with Gasteiger partial charge in [-0.3, -0.25) is 0 Å². The Morgan fingerprint density at radius 3 is 1.44 bits per heavy atom. The van der Waals surface area contributed by atoms with Crippen molar-refractivity contribution in [3.63, 3.8) is 0 Å². The van der Waals surface area contributed by atoms with Crippen LogP contribution < -0.4 is 0 Å². The van der Waals surface area contributed by atoms with Gasteiger partial charge in [-0.05, 0) is 23.3 Å². The van der Waals surface area contributed by atoms with Crippen molar-refractivity contribution >= 4 is 31.9 Å². The van der Waals surface area contributed by atoms with Crippen LogP contribution in [0.2, 0.25) is 0 Å². The normalized spacial score (nSPS) is 9.67. The molecule has 0 spiro atoms. The van der Waals surface area contributed by atoms with Crippen molar-refractivity contribution in [1.29, 1.82) is 0 Å². The van der Waals surface area contributed by atoms with Crippen LogP contribution in [0.15, 0.2) is 48.5 Å². The maximum absolute atomic E-state index is 3.49. The SMILES string of the molecule is BrCc1ccccc1C#Cc1ccccc1CBr. The van der Waals surface area contributed by atoms with Gasteiger partial charge < -0.3 is 0 Å². The van der Waals surface area contributed by atoms with Gasteiger partial charge in [0.25, 0.3) is 0 Å². The van der Waals surface area contributed by atoms with Crippen molar-refractivity contribution in [1.82, 2.24) is 0 Å². The zero-order chi connectivity index (χ0) is 12.8. The molecule has 0 atom stereocenters. The summed E-state index contributed by atoms with van der Waals surface area (Å²) >= 11 is 6.97. The lowest BCUT2D eigenvalue weighted by Crippen LogP contribution is -1.87. The summed E-state index contributed by atoms with van der Waals surface area (Å²) in [5.41, 5.74) is 4.61. The van der Waals surface area contributed by atoms with E-state index < -0.39 is 0 Å². The van der Waals surface area contributed by atoms with E-state index in [1.807, 2.05) is 24.3 Å². The molecule has 0 nitrogen and oxygen atoms in total. The molecule has 0 unspecified atom stereocenters. The van der Waals surface area contributed by atoms with E-state index in [4.69, 9.17) is 0 Å². The van der Waals surface area contributed by atoms with Gasteiger partial charge in [0.1, 0.15) is 0 Å². The highest BCUT2D eigenvalue weighted by atomic mass is 79.9. The number of benzene rings is 2. The largest absolute Gasteiger partial charge is 0.0876 e. The van der Waals surface area contributed by atoms with Crippen LogP contribution in [-0.4, -0.2) is 0 Å². The molecule has 90 valence electrons. The van der Waals surface area contributed by atoms with E-state index in [1.165, 1.54) is 11.1 Å². The molecule has 0 saturated heterocycles. The second-order valence-corrected chi connectivity index (χ2v) is 4.95. The van der Waals surface area contributed by atoms with Crippen molar-refractivity contribution in [3.05, 3.63) is 70.8 Å². The lowest BCUT2D eigenvalue weighted by molar-refractivity contribution is 1.39. The summed E-state index contributed by atoms with van der Waals surface area (Å²) in [4.78, 5) is 0. The molecule has 0 bridgehead atoms. The third kappa shape index (κ3) is 3.25. The maximum atomic E-state index is 3.49. The van der Waals surface area contributed by atoms with Gasteiger partial charge in [0.05, 0.1) is 0 Å². The van der Waals surface area contributed by atoms with Crippen LogP contribution in [-0.2, 0) is 10.7 Å². The highest BCUT2D eigenvalue weighted by molar-refractivity contribution is 9.08. The number of hydrogen-bond acceptors (Lipinski definition) is 0. The van der Waals surface area contributed by atoms with Crippen LogP contribution in [0, 0.1) is 11.8 Å². The highest BCUT2D eigenvalue weighted by Gasteiger charge is 1.98. The quantitative estimate of drug-likeness (QED) is 0.527. The van der Waals surface area contributed by atoms with Crippen molar-refractivity contribution in [3.8, 4) is 11.8 Å². The Labute approximate surface area is 125 Å². The zero-order valence-corrected chi connectivity index (χ0v) is 13.0. The molecule has 0 aromatic heterocycles. The van der Waals surface area contributed by atoms with Gasteiger partial charge in [-0.2, -0.15) is 0 Å². The molecule has 0 saturated carbocycles. The van der Waals surface area contributed by atoms with E-state index in [-0.39, 0.29) is 0 Å². The molecule has 2 heteroatoms. The van der Waals surface area contributed by atoms with Gasteiger partial charge in [-0.1, -0.05) is 80.1 Å². The van der Waals surface area contributed by atoms with E-state index in [9.17, 15) is 0 Å². The molecule has 18 heavy (non-hydrogen) atoms. The third-order valence-corrected chi connectivity index (χ3v) is 3.86. The van der Waals surface area contributed by atoms with Gasteiger partial charge in [0.2, 0.25) is 0 Å². The van der Waals surface area contributed by atoms with Crippen molar-refractivity contribution in [2.75, 3.05) is 0 Å². The fourth-order valence-electron chi connectivity index (χ4n) is 1.65. The average Bonchev–Trinajstić information content (AvgIpc) is 2.45. The fraction of sp³-hybridized carbons (Fsp3) is 0.125. The fourth-order valence-corrected chi connectivity index (χ4v) is 2.63. The van der Waals surface area contributed by atoms with Crippen molar-refractivity contribution < 1.29 is 0 Å². The molecular formula is C16H12Br2. The lowest BCUT2D eigenvalue weighted by Gasteiger charge is -2.00. The van der Waals surface area contributed by atoms with Gasteiger partial charge in [-0.15, -0.1) is 0 Å².